The van der Waals surface area contributed by atoms with E-state index in [9.17, 15) is 13.2 Å². The maximum atomic E-state index is 12.5. The first-order valence-electron chi connectivity index (χ1n) is 8.32. The SMILES string of the molecule is CS(=O)(=O)N1CCO[C@H]2CN(C(=O)CCc3ccccc3)C[C@H]2C1. The lowest BCUT2D eigenvalue weighted by Gasteiger charge is -2.21. The molecule has 6 nitrogen and oxygen atoms in total. The highest BCUT2D eigenvalue weighted by molar-refractivity contribution is 7.88. The normalized spacial score (nSPS) is 25.3. The number of likely N-dealkylation sites (tertiary alicyclic amines) is 1. The fourth-order valence-corrected chi connectivity index (χ4v) is 4.29. The van der Waals surface area contributed by atoms with Gasteiger partial charge in [0.1, 0.15) is 0 Å². The summed E-state index contributed by atoms with van der Waals surface area (Å²) in [4.78, 5) is 14.3. The van der Waals surface area contributed by atoms with Gasteiger partial charge in [0, 0.05) is 38.5 Å². The molecule has 1 amide bonds. The van der Waals surface area contributed by atoms with Gasteiger partial charge >= 0.3 is 0 Å². The second-order valence-electron chi connectivity index (χ2n) is 6.57. The number of amides is 1. The maximum Gasteiger partial charge on any atom is 0.223 e. The minimum Gasteiger partial charge on any atom is -0.375 e. The maximum absolute atomic E-state index is 12.5. The second kappa shape index (κ2) is 7.21. The van der Waals surface area contributed by atoms with Crippen LogP contribution in [0.15, 0.2) is 30.3 Å². The van der Waals surface area contributed by atoms with E-state index in [2.05, 4.69) is 0 Å². The second-order valence-corrected chi connectivity index (χ2v) is 8.56. The minimum atomic E-state index is -3.22. The van der Waals surface area contributed by atoms with Crippen LogP contribution in [-0.2, 0) is 26.0 Å². The van der Waals surface area contributed by atoms with E-state index in [1.54, 1.807) is 0 Å². The summed E-state index contributed by atoms with van der Waals surface area (Å²) in [7, 11) is -3.22. The molecule has 3 rings (SSSR count). The summed E-state index contributed by atoms with van der Waals surface area (Å²) in [5.74, 6) is 0.171. The Morgan fingerprint density at radius 2 is 1.96 bits per heavy atom. The number of benzene rings is 1. The highest BCUT2D eigenvalue weighted by Gasteiger charge is 2.39. The van der Waals surface area contributed by atoms with Crippen molar-refractivity contribution in [2.75, 3.05) is 39.0 Å². The Hall–Kier alpha value is -1.44. The average molecular weight is 352 g/mol. The third-order valence-corrected chi connectivity index (χ3v) is 6.05. The lowest BCUT2D eigenvalue weighted by atomic mass is 10.1. The van der Waals surface area contributed by atoms with Crippen LogP contribution in [0.1, 0.15) is 12.0 Å². The monoisotopic (exact) mass is 352 g/mol. The summed E-state index contributed by atoms with van der Waals surface area (Å²) < 4.78 is 30.8. The molecule has 2 fully saturated rings. The van der Waals surface area contributed by atoms with Crippen molar-refractivity contribution in [2.45, 2.75) is 18.9 Å². The third-order valence-electron chi connectivity index (χ3n) is 4.78. The molecule has 0 unspecified atom stereocenters. The summed E-state index contributed by atoms with van der Waals surface area (Å²) in [6, 6.07) is 9.95. The number of aryl methyl sites for hydroxylation is 1. The number of hydrogen-bond donors (Lipinski definition) is 0. The number of sulfonamides is 1. The summed E-state index contributed by atoms with van der Waals surface area (Å²) in [6.07, 6.45) is 2.36. The van der Waals surface area contributed by atoms with Gasteiger partial charge in [0.15, 0.2) is 0 Å². The van der Waals surface area contributed by atoms with Crippen molar-refractivity contribution in [3.8, 4) is 0 Å². The average Bonchev–Trinajstić information content (AvgIpc) is 2.84. The predicted octanol–water partition coefficient (Wildman–Crippen LogP) is 0.738. The number of fused-ring (bicyclic) bond motifs is 1. The van der Waals surface area contributed by atoms with Crippen molar-refractivity contribution in [2.24, 2.45) is 5.92 Å². The fraction of sp³-hybridized carbons (Fsp3) is 0.588. The molecule has 24 heavy (non-hydrogen) atoms. The van der Waals surface area contributed by atoms with Crippen LogP contribution in [0.4, 0.5) is 0 Å². The topological polar surface area (TPSA) is 66.9 Å². The molecule has 0 bridgehead atoms. The van der Waals surface area contributed by atoms with Gasteiger partial charge in [-0.15, -0.1) is 0 Å². The smallest absolute Gasteiger partial charge is 0.223 e. The van der Waals surface area contributed by atoms with Gasteiger partial charge in [-0.3, -0.25) is 4.79 Å². The van der Waals surface area contributed by atoms with Crippen LogP contribution < -0.4 is 0 Å². The Morgan fingerprint density at radius 1 is 1.21 bits per heavy atom. The Kier molecular flexibility index (Phi) is 5.22. The van der Waals surface area contributed by atoms with Crippen LogP contribution >= 0.6 is 0 Å². The highest BCUT2D eigenvalue weighted by atomic mass is 32.2. The Bertz CT molecular complexity index is 677. The lowest BCUT2D eigenvalue weighted by Crippen LogP contribution is -2.37. The van der Waals surface area contributed by atoms with Crippen LogP contribution in [-0.4, -0.2) is 68.7 Å². The first kappa shape index (κ1) is 17.4. The van der Waals surface area contributed by atoms with Gasteiger partial charge in [0.25, 0.3) is 0 Å². The highest BCUT2D eigenvalue weighted by Crippen LogP contribution is 2.25. The summed E-state index contributed by atoms with van der Waals surface area (Å²) in [5.41, 5.74) is 1.15. The quantitative estimate of drug-likeness (QED) is 0.802. The van der Waals surface area contributed by atoms with Crippen LogP contribution in [0, 0.1) is 5.92 Å². The molecule has 132 valence electrons. The molecule has 2 atom stereocenters. The third kappa shape index (κ3) is 4.15. The van der Waals surface area contributed by atoms with E-state index in [1.165, 1.54) is 10.6 Å². The molecule has 0 aliphatic carbocycles. The van der Waals surface area contributed by atoms with Gasteiger partial charge in [0.05, 0.1) is 19.0 Å². The van der Waals surface area contributed by atoms with E-state index < -0.39 is 10.0 Å². The molecule has 2 saturated heterocycles. The number of ether oxygens (including phenoxy) is 1. The van der Waals surface area contributed by atoms with E-state index in [-0.39, 0.29) is 17.9 Å². The van der Waals surface area contributed by atoms with Crippen molar-refractivity contribution < 1.29 is 17.9 Å². The Morgan fingerprint density at radius 3 is 2.67 bits per heavy atom. The zero-order valence-electron chi connectivity index (χ0n) is 13.9. The van der Waals surface area contributed by atoms with Gasteiger partial charge in [-0.05, 0) is 12.0 Å². The number of hydrogen-bond acceptors (Lipinski definition) is 4. The molecular weight excluding hydrogens is 328 g/mol. The van der Waals surface area contributed by atoms with Crippen LogP contribution in [0.2, 0.25) is 0 Å². The molecule has 2 aliphatic heterocycles. The molecule has 1 aromatic rings. The molecular formula is C17H24N2O4S. The zero-order chi connectivity index (χ0) is 17.2. The Labute approximate surface area is 143 Å². The molecule has 1 aromatic carbocycles. The summed E-state index contributed by atoms with van der Waals surface area (Å²) in [5, 5.41) is 0. The van der Waals surface area contributed by atoms with Crippen LogP contribution in [0.3, 0.4) is 0 Å². The van der Waals surface area contributed by atoms with Crippen molar-refractivity contribution >= 4 is 15.9 Å². The van der Waals surface area contributed by atoms with E-state index in [0.717, 1.165) is 12.0 Å². The molecule has 2 heterocycles. The summed E-state index contributed by atoms with van der Waals surface area (Å²) >= 11 is 0. The van der Waals surface area contributed by atoms with E-state index >= 15 is 0 Å². The number of carbonyl (C=O) groups excluding carboxylic acids is 1. The van der Waals surface area contributed by atoms with Crippen LogP contribution in [0.25, 0.3) is 0 Å². The van der Waals surface area contributed by atoms with Gasteiger partial charge in [-0.2, -0.15) is 4.31 Å². The van der Waals surface area contributed by atoms with Crippen molar-refractivity contribution in [3.63, 3.8) is 0 Å². The molecule has 0 aromatic heterocycles. The van der Waals surface area contributed by atoms with Gasteiger partial charge in [-0.1, -0.05) is 30.3 Å². The first-order chi connectivity index (χ1) is 11.4. The van der Waals surface area contributed by atoms with Crippen LogP contribution in [0.5, 0.6) is 0 Å². The largest absolute Gasteiger partial charge is 0.375 e. The summed E-state index contributed by atoms with van der Waals surface area (Å²) in [6.45, 7) is 2.36. The molecule has 0 N–H and O–H groups in total. The van der Waals surface area contributed by atoms with E-state index in [1.807, 2.05) is 35.2 Å². The molecule has 2 aliphatic rings. The van der Waals surface area contributed by atoms with E-state index in [0.29, 0.717) is 39.2 Å². The lowest BCUT2D eigenvalue weighted by molar-refractivity contribution is -0.130. The van der Waals surface area contributed by atoms with Gasteiger partial charge in [-0.25, -0.2) is 8.42 Å². The molecule has 0 radical (unpaired) electrons. The van der Waals surface area contributed by atoms with Crippen molar-refractivity contribution in [3.05, 3.63) is 35.9 Å². The Balaban J connectivity index is 1.57. The standard InChI is InChI=1S/C17H24N2O4S/c1-24(21,22)19-9-10-23-16-13-18(11-15(16)12-19)17(20)8-7-14-5-3-2-4-6-14/h2-6,15-16H,7-13H2,1H3/t15-,16-/m0/s1. The minimum absolute atomic E-state index is 0.0579. The number of rotatable bonds is 4. The fourth-order valence-electron chi connectivity index (χ4n) is 3.42. The van der Waals surface area contributed by atoms with E-state index in [4.69, 9.17) is 4.74 Å². The van der Waals surface area contributed by atoms with Crippen molar-refractivity contribution in [1.82, 2.24) is 9.21 Å². The molecule has 7 heteroatoms. The molecule has 0 spiro atoms. The number of nitrogens with zero attached hydrogens (tertiary/aromatic N) is 2. The van der Waals surface area contributed by atoms with Gasteiger partial charge in [0.2, 0.25) is 15.9 Å². The predicted molar refractivity (Wildman–Crippen MR) is 91.0 cm³/mol. The zero-order valence-corrected chi connectivity index (χ0v) is 14.7. The molecule has 0 saturated carbocycles. The first-order valence-corrected chi connectivity index (χ1v) is 10.2. The van der Waals surface area contributed by atoms with Crippen molar-refractivity contribution in [1.29, 1.82) is 0 Å². The number of carbonyl (C=O) groups is 1. The van der Waals surface area contributed by atoms with Gasteiger partial charge < -0.3 is 9.64 Å².